The van der Waals surface area contributed by atoms with Crippen LogP contribution >= 0.6 is 0 Å². The van der Waals surface area contributed by atoms with Crippen LogP contribution in [0.25, 0.3) is 11.1 Å². The van der Waals surface area contributed by atoms with E-state index in [9.17, 15) is 27.6 Å². The molecule has 3 rings (SSSR count). The lowest BCUT2D eigenvalue weighted by molar-refractivity contribution is -0.194. The predicted molar refractivity (Wildman–Crippen MR) is 119 cm³/mol. The van der Waals surface area contributed by atoms with Gasteiger partial charge in [-0.2, -0.15) is 13.2 Å². The van der Waals surface area contributed by atoms with Gasteiger partial charge in [-0.15, -0.1) is 0 Å². The number of halogens is 3. The number of carboxylic acids is 1. The molecule has 1 aliphatic rings. The number of carboxylic acid groups (broad SMARTS) is 1. The number of hydrogen-bond donors (Lipinski definition) is 3. The molecule has 0 saturated carbocycles. The highest BCUT2D eigenvalue weighted by Gasteiger charge is 2.58. The second-order valence-corrected chi connectivity index (χ2v) is 8.24. The number of rotatable bonds is 9. The van der Waals surface area contributed by atoms with Gasteiger partial charge in [0.1, 0.15) is 6.61 Å². The molecule has 0 radical (unpaired) electrons. The molecule has 2 aromatic rings. The molecule has 8 nitrogen and oxygen atoms in total. The van der Waals surface area contributed by atoms with Gasteiger partial charge in [-0.05, 0) is 29.2 Å². The van der Waals surface area contributed by atoms with Gasteiger partial charge in [0, 0.05) is 19.6 Å². The molecule has 3 N–H and O–H groups in total. The van der Waals surface area contributed by atoms with Gasteiger partial charge in [0.15, 0.2) is 0 Å². The Bertz CT molecular complexity index is 1060. The SMILES string of the molecule is COC(CNC(=O)C(C)(NC(=O)OCC1c2ccccc2-c2ccccc21)C(F)(F)F)CC(=O)O. The van der Waals surface area contributed by atoms with Crippen LogP contribution in [0.5, 0.6) is 0 Å². The van der Waals surface area contributed by atoms with Crippen LogP contribution in [0, 0.1) is 0 Å². The maximum absolute atomic E-state index is 13.8. The first-order chi connectivity index (χ1) is 16.5. The van der Waals surface area contributed by atoms with E-state index in [1.807, 2.05) is 53.8 Å². The molecule has 2 aromatic carbocycles. The van der Waals surface area contributed by atoms with E-state index in [1.165, 1.54) is 0 Å². The van der Waals surface area contributed by atoms with Gasteiger partial charge in [-0.25, -0.2) is 4.79 Å². The van der Waals surface area contributed by atoms with E-state index in [0.717, 1.165) is 29.4 Å². The Kier molecular flexibility index (Phi) is 7.69. The lowest BCUT2D eigenvalue weighted by atomic mass is 9.98. The zero-order valence-corrected chi connectivity index (χ0v) is 19.0. The zero-order chi connectivity index (χ0) is 25.8. The van der Waals surface area contributed by atoms with Crippen molar-refractivity contribution in [2.45, 2.75) is 37.1 Å². The molecule has 2 amide bonds. The van der Waals surface area contributed by atoms with Crippen LogP contribution in [0.4, 0.5) is 18.0 Å². The minimum absolute atomic E-state index is 0.236. The number of benzene rings is 2. The molecule has 0 aliphatic heterocycles. The van der Waals surface area contributed by atoms with Gasteiger partial charge < -0.3 is 19.9 Å². The number of nitrogens with one attached hydrogen (secondary N) is 2. The summed E-state index contributed by atoms with van der Waals surface area (Å²) >= 11 is 0. The number of hydrogen-bond acceptors (Lipinski definition) is 5. The summed E-state index contributed by atoms with van der Waals surface area (Å²) in [4.78, 5) is 35.7. The number of aliphatic carboxylic acids is 1. The normalized spacial score (nSPS) is 15.3. The third-order valence-corrected chi connectivity index (χ3v) is 5.94. The summed E-state index contributed by atoms with van der Waals surface area (Å²) < 4.78 is 51.4. The molecule has 0 saturated heterocycles. The van der Waals surface area contributed by atoms with Crippen LogP contribution < -0.4 is 10.6 Å². The maximum Gasteiger partial charge on any atom is 0.420 e. The van der Waals surface area contributed by atoms with Crippen molar-refractivity contribution in [3.8, 4) is 11.1 Å². The molecule has 0 heterocycles. The van der Waals surface area contributed by atoms with E-state index in [-0.39, 0.29) is 12.5 Å². The minimum Gasteiger partial charge on any atom is -0.481 e. The number of carbonyl (C=O) groups is 3. The predicted octanol–water partition coefficient (Wildman–Crippen LogP) is 3.45. The van der Waals surface area contributed by atoms with Crippen molar-refractivity contribution >= 4 is 18.0 Å². The second kappa shape index (κ2) is 10.3. The summed E-state index contributed by atoms with van der Waals surface area (Å²) in [5.41, 5.74) is 0.331. The van der Waals surface area contributed by atoms with E-state index in [0.29, 0.717) is 6.92 Å². The average Bonchev–Trinajstić information content (AvgIpc) is 3.12. The number of amides is 2. The molecular weight excluding hydrogens is 469 g/mol. The van der Waals surface area contributed by atoms with E-state index in [1.54, 1.807) is 5.32 Å². The van der Waals surface area contributed by atoms with Gasteiger partial charge >= 0.3 is 18.2 Å². The minimum atomic E-state index is -5.17. The van der Waals surface area contributed by atoms with Crippen LogP contribution in [-0.4, -0.2) is 61.2 Å². The van der Waals surface area contributed by atoms with Crippen LogP contribution in [0.3, 0.4) is 0 Å². The molecule has 0 aromatic heterocycles. The van der Waals surface area contributed by atoms with Gasteiger partial charge in [0.05, 0.1) is 12.5 Å². The number of methoxy groups -OCH3 is 1. The molecule has 0 spiro atoms. The van der Waals surface area contributed by atoms with Crippen LogP contribution in [0.15, 0.2) is 48.5 Å². The number of ether oxygens (including phenoxy) is 2. The Morgan fingerprint density at radius 1 is 1.03 bits per heavy atom. The lowest BCUT2D eigenvalue weighted by Crippen LogP contribution is -2.65. The smallest absolute Gasteiger partial charge is 0.420 e. The van der Waals surface area contributed by atoms with Crippen molar-refractivity contribution in [1.29, 1.82) is 0 Å². The third-order valence-electron chi connectivity index (χ3n) is 5.94. The first kappa shape index (κ1) is 26.0. The van der Waals surface area contributed by atoms with E-state index in [4.69, 9.17) is 14.6 Å². The number of fused-ring (bicyclic) bond motifs is 3. The fourth-order valence-electron chi connectivity index (χ4n) is 3.91. The summed E-state index contributed by atoms with van der Waals surface area (Å²) in [5.74, 6) is -3.20. The molecule has 35 heavy (non-hydrogen) atoms. The van der Waals surface area contributed by atoms with Gasteiger partial charge in [0.2, 0.25) is 5.54 Å². The first-order valence-corrected chi connectivity index (χ1v) is 10.7. The van der Waals surface area contributed by atoms with Crippen molar-refractivity contribution in [1.82, 2.24) is 10.6 Å². The van der Waals surface area contributed by atoms with Crippen LogP contribution in [0.2, 0.25) is 0 Å². The largest absolute Gasteiger partial charge is 0.481 e. The highest BCUT2D eigenvalue weighted by molar-refractivity contribution is 5.90. The summed E-state index contributed by atoms with van der Waals surface area (Å²) in [6.45, 7) is -0.234. The summed E-state index contributed by atoms with van der Waals surface area (Å²) in [5, 5.41) is 12.4. The van der Waals surface area contributed by atoms with Crippen molar-refractivity contribution < 1.29 is 42.1 Å². The van der Waals surface area contributed by atoms with E-state index in [2.05, 4.69) is 0 Å². The fraction of sp³-hybridized carbons (Fsp3) is 0.375. The molecule has 11 heteroatoms. The highest BCUT2D eigenvalue weighted by Crippen LogP contribution is 2.44. The zero-order valence-electron chi connectivity index (χ0n) is 19.0. The standard InChI is InChI=1S/C24H25F3N2O6/c1-23(24(25,26)27,21(32)28-12-14(34-2)11-20(30)31)29-22(33)35-13-19-17-9-5-3-7-15(17)16-8-4-6-10-18(16)19/h3-10,14,19H,11-13H2,1-2H3,(H,28,32)(H,29,33)(H,30,31). The lowest BCUT2D eigenvalue weighted by Gasteiger charge is -2.31. The average molecular weight is 494 g/mol. The second-order valence-electron chi connectivity index (χ2n) is 8.24. The summed E-state index contributed by atoms with van der Waals surface area (Å²) in [6.07, 6.45) is -8.17. The molecule has 1 aliphatic carbocycles. The third kappa shape index (κ3) is 5.56. The Balaban J connectivity index is 1.69. The number of carbonyl (C=O) groups excluding carboxylic acids is 2. The molecule has 0 fully saturated rings. The van der Waals surface area contributed by atoms with Crippen molar-refractivity contribution in [2.75, 3.05) is 20.3 Å². The summed E-state index contributed by atoms with van der Waals surface area (Å²) in [6, 6.07) is 14.9. The van der Waals surface area contributed by atoms with E-state index < -0.39 is 48.8 Å². The molecule has 2 unspecified atom stereocenters. The van der Waals surface area contributed by atoms with Gasteiger partial charge in [-0.3, -0.25) is 14.9 Å². The van der Waals surface area contributed by atoms with Crippen LogP contribution in [-0.2, 0) is 19.1 Å². The van der Waals surface area contributed by atoms with E-state index >= 15 is 0 Å². The van der Waals surface area contributed by atoms with Crippen molar-refractivity contribution in [2.24, 2.45) is 0 Å². The highest BCUT2D eigenvalue weighted by atomic mass is 19.4. The van der Waals surface area contributed by atoms with Crippen LogP contribution in [0.1, 0.15) is 30.4 Å². The monoisotopic (exact) mass is 494 g/mol. The summed E-state index contributed by atoms with van der Waals surface area (Å²) in [7, 11) is 1.16. The quantitative estimate of drug-likeness (QED) is 0.492. The molecular formula is C24H25F3N2O6. The van der Waals surface area contributed by atoms with Gasteiger partial charge in [-0.1, -0.05) is 48.5 Å². The Hall–Kier alpha value is -3.60. The maximum atomic E-state index is 13.8. The number of alkyl halides is 3. The first-order valence-electron chi connectivity index (χ1n) is 10.7. The Morgan fingerprint density at radius 2 is 1.57 bits per heavy atom. The Labute approximate surface area is 199 Å². The van der Waals surface area contributed by atoms with Crippen molar-refractivity contribution in [3.63, 3.8) is 0 Å². The topological polar surface area (TPSA) is 114 Å². The molecule has 0 bridgehead atoms. The Morgan fingerprint density at radius 3 is 2.06 bits per heavy atom. The van der Waals surface area contributed by atoms with Crippen molar-refractivity contribution in [3.05, 3.63) is 59.7 Å². The number of alkyl carbamates (subject to hydrolysis) is 1. The molecule has 2 atom stereocenters. The molecule has 188 valence electrons. The fourth-order valence-corrected chi connectivity index (χ4v) is 3.91. The van der Waals surface area contributed by atoms with Gasteiger partial charge in [0.25, 0.3) is 5.91 Å².